The van der Waals surface area contributed by atoms with Crippen molar-refractivity contribution in [1.29, 1.82) is 0 Å². The summed E-state index contributed by atoms with van der Waals surface area (Å²) >= 11 is 0. The van der Waals surface area contributed by atoms with Gasteiger partial charge in [-0.15, -0.1) is 0 Å². The molecule has 7 aromatic rings. The Morgan fingerprint density at radius 2 is 0.867 bits per heavy atom. The Morgan fingerprint density at radius 1 is 0.333 bits per heavy atom. The molecule has 0 aromatic heterocycles. The summed E-state index contributed by atoms with van der Waals surface area (Å²) in [6, 6.07) is 40.2. The Bertz CT molecular complexity index is 1670. The third-order valence-corrected chi connectivity index (χ3v) is 6.52. The van der Waals surface area contributed by atoms with Gasteiger partial charge < -0.3 is 0 Å². The summed E-state index contributed by atoms with van der Waals surface area (Å²) in [6.45, 7) is 0. The molecule has 0 saturated heterocycles. The van der Waals surface area contributed by atoms with Gasteiger partial charge in [0.05, 0.1) is 0 Å². The molecule has 7 rings (SSSR count). The highest BCUT2D eigenvalue weighted by molar-refractivity contribution is 6.24. The molecule has 0 aliphatic carbocycles. The second kappa shape index (κ2) is 5.81. The summed E-state index contributed by atoms with van der Waals surface area (Å²) in [5.41, 5.74) is 2.57. The van der Waals surface area contributed by atoms with Gasteiger partial charge in [0.15, 0.2) is 0 Å². The van der Waals surface area contributed by atoms with Gasteiger partial charge in [0, 0.05) is 0 Å². The van der Waals surface area contributed by atoms with E-state index in [4.69, 9.17) is 0 Å². The first-order valence-electron chi connectivity index (χ1n) is 10.4. The first-order chi connectivity index (χ1) is 14.8. The summed E-state index contributed by atoms with van der Waals surface area (Å²) < 4.78 is 0. The van der Waals surface area contributed by atoms with E-state index in [1.54, 1.807) is 0 Å². The second-order valence-electron chi connectivity index (χ2n) is 8.23. The van der Waals surface area contributed by atoms with Gasteiger partial charge in [-0.1, -0.05) is 84.9 Å². The van der Waals surface area contributed by atoms with Crippen LogP contribution in [0.25, 0.3) is 65.0 Å². The van der Waals surface area contributed by atoms with Gasteiger partial charge in [-0.2, -0.15) is 0 Å². The van der Waals surface area contributed by atoms with Crippen molar-refractivity contribution in [2.75, 3.05) is 0 Å². The fourth-order valence-electron chi connectivity index (χ4n) is 5.13. The fraction of sp³-hybridized carbons (Fsp3) is 0. The SMILES string of the molecule is c1ccc2cc3c(-c4cc5ccc6cccc7ccc(c4)c5c67)cccc3cc2c1. The van der Waals surface area contributed by atoms with Crippen LogP contribution in [0, 0.1) is 0 Å². The van der Waals surface area contributed by atoms with Crippen LogP contribution in [0.3, 0.4) is 0 Å². The summed E-state index contributed by atoms with van der Waals surface area (Å²) in [7, 11) is 0. The number of hydrogen-bond donors (Lipinski definition) is 0. The molecule has 0 bridgehead atoms. The first kappa shape index (κ1) is 16.0. The smallest absolute Gasteiger partial charge is 0.00264 e. The minimum atomic E-state index is 1.28. The van der Waals surface area contributed by atoms with Crippen LogP contribution in [0.1, 0.15) is 0 Å². The molecule has 0 nitrogen and oxygen atoms in total. The molecule has 0 heteroatoms. The number of benzene rings is 7. The van der Waals surface area contributed by atoms with Crippen molar-refractivity contribution in [1.82, 2.24) is 0 Å². The van der Waals surface area contributed by atoms with E-state index in [-0.39, 0.29) is 0 Å². The number of rotatable bonds is 1. The van der Waals surface area contributed by atoms with E-state index in [1.807, 2.05) is 0 Å². The Hall–Kier alpha value is -3.90. The van der Waals surface area contributed by atoms with Crippen molar-refractivity contribution in [3.8, 4) is 11.1 Å². The molecular formula is C30H18. The van der Waals surface area contributed by atoms with Gasteiger partial charge in [-0.25, -0.2) is 0 Å². The lowest BCUT2D eigenvalue weighted by Gasteiger charge is -2.14. The predicted octanol–water partition coefficient (Wildman–Crippen LogP) is 8.56. The second-order valence-corrected chi connectivity index (χ2v) is 8.23. The molecule has 0 N–H and O–H groups in total. The summed E-state index contributed by atoms with van der Waals surface area (Å²) in [5, 5.41) is 13.2. The van der Waals surface area contributed by atoms with Crippen LogP contribution in [0.5, 0.6) is 0 Å². The van der Waals surface area contributed by atoms with Crippen molar-refractivity contribution >= 4 is 53.9 Å². The summed E-state index contributed by atoms with van der Waals surface area (Å²) in [5.74, 6) is 0. The molecule has 0 aliphatic rings. The molecule has 0 atom stereocenters. The lowest BCUT2D eigenvalue weighted by atomic mass is 9.90. The Balaban J connectivity index is 1.58. The van der Waals surface area contributed by atoms with E-state index in [1.165, 1.54) is 65.0 Å². The molecule has 0 heterocycles. The lowest BCUT2D eigenvalue weighted by molar-refractivity contribution is 1.71. The average molecular weight is 378 g/mol. The molecule has 0 amide bonds. The Kier molecular flexibility index (Phi) is 3.09. The molecule has 138 valence electrons. The molecule has 30 heavy (non-hydrogen) atoms. The monoisotopic (exact) mass is 378 g/mol. The van der Waals surface area contributed by atoms with Gasteiger partial charge >= 0.3 is 0 Å². The van der Waals surface area contributed by atoms with Crippen LogP contribution in [0.15, 0.2) is 109 Å². The molecule has 7 aromatic carbocycles. The maximum atomic E-state index is 2.36. The molecule has 0 spiro atoms. The summed E-state index contributed by atoms with van der Waals surface area (Å²) in [6.07, 6.45) is 0. The van der Waals surface area contributed by atoms with Crippen molar-refractivity contribution in [3.63, 3.8) is 0 Å². The van der Waals surface area contributed by atoms with Crippen LogP contribution in [0.2, 0.25) is 0 Å². The zero-order chi connectivity index (χ0) is 19.7. The number of hydrogen-bond acceptors (Lipinski definition) is 0. The Morgan fingerprint density at radius 3 is 1.60 bits per heavy atom. The zero-order valence-electron chi connectivity index (χ0n) is 16.4. The molecule has 0 radical (unpaired) electrons. The van der Waals surface area contributed by atoms with E-state index in [0.29, 0.717) is 0 Å². The van der Waals surface area contributed by atoms with Crippen LogP contribution in [0.4, 0.5) is 0 Å². The fourth-order valence-corrected chi connectivity index (χ4v) is 5.13. The van der Waals surface area contributed by atoms with Gasteiger partial charge in [0.1, 0.15) is 0 Å². The molecule has 0 aliphatic heterocycles. The minimum absolute atomic E-state index is 1.28. The van der Waals surface area contributed by atoms with Gasteiger partial charge in [-0.05, 0) is 89.3 Å². The largest absolute Gasteiger partial charge is 0.0616 e. The topological polar surface area (TPSA) is 0 Å². The normalized spacial score (nSPS) is 12.0. The van der Waals surface area contributed by atoms with Crippen molar-refractivity contribution < 1.29 is 0 Å². The molecular weight excluding hydrogens is 360 g/mol. The number of fused-ring (bicyclic) bond motifs is 2. The molecule has 0 saturated carbocycles. The van der Waals surface area contributed by atoms with Crippen LogP contribution >= 0.6 is 0 Å². The summed E-state index contributed by atoms with van der Waals surface area (Å²) in [4.78, 5) is 0. The van der Waals surface area contributed by atoms with E-state index in [2.05, 4.69) is 109 Å². The van der Waals surface area contributed by atoms with Crippen LogP contribution in [-0.2, 0) is 0 Å². The van der Waals surface area contributed by atoms with Crippen molar-refractivity contribution in [2.45, 2.75) is 0 Å². The first-order valence-corrected chi connectivity index (χ1v) is 10.4. The van der Waals surface area contributed by atoms with E-state index in [0.717, 1.165) is 0 Å². The maximum absolute atomic E-state index is 2.36. The third-order valence-electron chi connectivity index (χ3n) is 6.52. The highest BCUT2D eigenvalue weighted by atomic mass is 14.1. The molecule has 0 fully saturated rings. The zero-order valence-corrected chi connectivity index (χ0v) is 16.4. The minimum Gasteiger partial charge on any atom is -0.0616 e. The van der Waals surface area contributed by atoms with E-state index in [9.17, 15) is 0 Å². The van der Waals surface area contributed by atoms with Crippen molar-refractivity contribution in [2.24, 2.45) is 0 Å². The van der Waals surface area contributed by atoms with Gasteiger partial charge in [-0.3, -0.25) is 0 Å². The highest BCUT2D eigenvalue weighted by Gasteiger charge is 2.11. The molecule has 0 unspecified atom stereocenters. The average Bonchev–Trinajstić information content (AvgIpc) is 2.80. The van der Waals surface area contributed by atoms with Gasteiger partial charge in [0.25, 0.3) is 0 Å². The quantitative estimate of drug-likeness (QED) is 0.198. The van der Waals surface area contributed by atoms with Crippen molar-refractivity contribution in [3.05, 3.63) is 109 Å². The lowest BCUT2D eigenvalue weighted by Crippen LogP contribution is -1.87. The highest BCUT2D eigenvalue weighted by Crippen LogP contribution is 2.39. The Labute approximate surface area is 174 Å². The maximum Gasteiger partial charge on any atom is -0.00264 e. The third kappa shape index (κ3) is 2.16. The standard InChI is InChI=1S/C30H18/c1-2-6-22-18-28-23(15-21(22)5-1)9-4-10-27(28)26-16-24-13-11-19-7-3-8-20-12-14-25(17-26)30(24)29(19)20/h1-18H. The van der Waals surface area contributed by atoms with Crippen LogP contribution < -0.4 is 0 Å². The van der Waals surface area contributed by atoms with Crippen LogP contribution in [-0.4, -0.2) is 0 Å². The van der Waals surface area contributed by atoms with E-state index < -0.39 is 0 Å². The van der Waals surface area contributed by atoms with E-state index >= 15 is 0 Å². The predicted molar refractivity (Wildman–Crippen MR) is 131 cm³/mol. The van der Waals surface area contributed by atoms with Gasteiger partial charge in [0.2, 0.25) is 0 Å².